The Morgan fingerprint density at radius 3 is 2.62 bits per heavy atom. The van der Waals surface area contributed by atoms with Gasteiger partial charge in [-0.2, -0.15) is 5.10 Å². The molecule has 0 fully saturated rings. The minimum atomic E-state index is 0.495. The summed E-state index contributed by atoms with van der Waals surface area (Å²) in [6, 6.07) is 7.64. The molecule has 21 heavy (non-hydrogen) atoms. The van der Waals surface area contributed by atoms with Crippen molar-refractivity contribution in [3.63, 3.8) is 0 Å². The Hall–Kier alpha value is -2.01. The molecule has 2 aromatic heterocycles. The van der Waals surface area contributed by atoms with Crippen LogP contribution >= 0.6 is 0 Å². The zero-order valence-corrected chi connectivity index (χ0v) is 12.9. The summed E-state index contributed by atoms with van der Waals surface area (Å²) in [5, 5.41) is 11.6. The van der Waals surface area contributed by atoms with Gasteiger partial charge < -0.3 is 10.1 Å². The summed E-state index contributed by atoms with van der Waals surface area (Å²) in [7, 11) is 0. The first-order valence-corrected chi connectivity index (χ1v) is 7.40. The molecule has 0 aliphatic rings. The highest BCUT2D eigenvalue weighted by Gasteiger charge is 2.07. The quantitative estimate of drug-likeness (QED) is 0.793. The summed E-state index contributed by atoms with van der Waals surface area (Å²) in [5.74, 6) is 1.24. The average Bonchev–Trinajstić information content (AvgIpc) is 2.51. The van der Waals surface area contributed by atoms with E-state index in [4.69, 9.17) is 4.74 Å². The predicted octanol–water partition coefficient (Wildman–Crippen LogP) is 3.03. The fourth-order valence-electron chi connectivity index (χ4n) is 1.95. The van der Waals surface area contributed by atoms with Gasteiger partial charge in [0.25, 0.3) is 0 Å². The summed E-state index contributed by atoms with van der Waals surface area (Å²) in [4.78, 5) is 4.47. The second-order valence-corrected chi connectivity index (χ2v) is 4.89. The summed E-state index contributed by atoms with van der Waals surface area (Å²) in [5.41, 5.74) is 2.83. The first-order chi connectivity index (χ1) is 10.2. The molecule has 0 saturated heterocycles. The number of nitrogens with zero attached hydrogens (tertiary/aromatic N) is 3. The van der Waals surface area contributed by atoms with Crippen LogP contribution in [0, 0.1) is 6.92 Å². The highest BCUT2D eigenvalue weighted by atomic mass is 16.5. The van der Waals surface area contributed by atoms with Gasteiger partial charge in [0.1, 0.15) is 0 Å². The molecule has 0 radical (unpaired) electrons. The number of aryl methyl sites for hydroxylation is 2. The summed E-state index contributed by atoms with van der Waals surface area (Å²) >= 11 is 0. The van der Waals surface area contributed by atoms with Crippen LogP contribution in [0.1, 0.15) is 37.4 Å². The van der Waals surface area contributed by atoms with Gasteiger partial charge in [0.2, 0.25) is 5.88 Å². The van der Waals surface area contributed by atoms with E-state index in [1.54, 1.807) is 0 Å². The highest BCUT2D eigenvalue weighted by Crippen LogP contribution is 2.23. The molecule has 5 nitrogen and oxygen atoms in total. The normalized spacial score (nSPS) is 10.6. The highest BCUT2D eigenvalue weighted by molar-refractivity contribution is 5.32. The predicted molar refractivity (Wildman–Crippen MR) is 82.5 cm³/mol. The molecule has 0 aliphatic carbocycles. The van der Waals surface area contributed by atoms with Crippen LogP contribution in [0.3, 0.4) is 0 Å². The number of ether oxygens (including phenoxy) is 1. The van der Waals surface area contributed by atoms with E-state index < -0.39 is 0 Å². The second kappa shape index (κ2) is 7.69. The molecule has 0 aromatic carbocycles. The lowest BCUT2D eigenvalue weighted by atomic mass is 10.2. The van der Waals surface area contributed by atoms with Crippen LogP contribution in [0.4, 0.5) is 0 Å². The number of hydrogen-bond donors (Lipinski definition) is 1. The van der Waals surface area contributed by atoms with Crippen LogP contribution in [0.25, 0.3) is 0 Å². The first kappa shape index (κ1) is 15.4. The van der Waals surface area contributed by atoms with Gasteiger partial charge in [0.05, 0.1) is 11.4 Å². The van der Waals surface area contributed by atoms with Crippen LogP contribution in [-0.2, 0) is 13.0 Å². The van der Waals surface area contributed by atoms with Crippen molar-refractivity contribution in [2.24, 2.45) is 0 Å². The average molecular weight is 286 g/mol. The Labute approximate surface area is 125 Å². The van der Waals surface area contributed by atoms with Crippen LogP contribution in [0.15, 0.2) is 24.3 Å². The first-order valence-electron chi connectivity index (χ1n) is 7.40. The maximum Gasteiger partial charge on any atom is 0.238 e. The van der Waals surface area contributed by atoms with E-state index in [0.29, 0.717) is 5.88 Å². The van der Waals surface area contributed by atoms with Gasteiger partial charge in [-0.05, 0) is 44.5 Å². The molecule has 0 bridgehead atoms. The molecule has 2 aromatic rings. The van der Waals surface area contributed by atoms with Gasteiger partial charge >= 0.3 is 0 Å². The van der Waals surface area contributed by atoms with Crippen molar-refractivity contribution in [3.05, 3.63) is 41.3 Å². The molecule has 0 aliphatic heterocycles. The molecular weight excluding hydrogens is 264 g/mol. The molecule has 0 unspecified atom stereocenters. The van der Waals surface area contributed by atoms with E-state index >= 15 is 0 Å². The number of nitrogens with one attached hydrogen (secondary N) is 1. The van der Waals surface area contributed by atoms with Gasteiger partial charge in [-0.1, -0.05) is 13.8 Å². The Morgan fingerprint density at radius 2 is 1.95 bits per heavy atom. The minimum Gasteiger partial charge on any atom is -0.436 e. The van der Waals surface area contributed by atoms with Crippen molar-refractivity contribution in [1.29, 1.82) is 0 Å². The largest absolute Gasteiger partial charge is 0.436 e. The monoisotopic (exact) mass is 286 g/mol. The summed E-state index contributed by atoms with van der Waals surface area (Å²) in [6.45, 7) is 7.88. The summed E-state index contributed by atoms with van der Waals surface area (Å²) < 4.78 is 5.78. The molecule has 5 heteroatoms. The SMILES string of the molecule is CCCNCc1ccc(Oc2ccc(C)nc2CC)nn1. The Morgan fingerprint density at radius 1 is 1.10 bits per heavy atom. The fourth-order valence-corrected chi connectivity index (χ4v) is 1.95. The molecule has 0 spiro atoms. The lowest BCUT2D eigenvalue weighted by Crippen LogP contribution is -2.15. The van der Waals surface area contributed by atoms with Crippen molar-refractivity contribution in [2.45, 2.75) is 40.2 Å². The third-order valence-electron chi connectivity index (χ3n) is 3.05. The van der Waals surface area contributed by atoms with Crippen LogP contribution < -0.4 is 10.1 Å². The standard InChI is InChI=1S/C16H22N4O/c1-4-10-17-11-13-7-9-16(20-19-13)21-15-8-6-12(3)18-14(15)5-2/h6-9,17H,4-5,10-11H2,1-3H3. The van der Waals surface area contributed by atoms with Gasteiger partial charge in [-0.25, -0.2) is 0 Å². The maximum absolute atomic E-state index is 5.78. The molecule has 0 amide bonds. The lowest BCUT2D eigenvalue weighted by Gasteiger charge is -2.09. The lowest BCUT2D eigenvalue weighted by molar-refractivity contribution is 0.445. The van der Waals surface area contributed by atoms with E-state index in [2.05, 4.69) is 34.3 Å². The van der Waals surface area contributed by atoms with E-state index in [0.717, 1.165) is 48.8 Å². The maximum atomic E-state index is 5.78. The zero-order valence-electron chi connectivity index (χ0n) is 12.9. The third-order valence-corrected chi connectivity index (χ3v) is 3.05. The summed E-state index contributed by atoms with van der Waals surface area (Å²) in [6.07, 6.45) is 1.93. The number of pyridine rings is 1. The second-order valence-electron chi connectivity index (χ2n) is 4.89. The molecule has 0 saturated carbocycles. The van der Waals surface area contributed by atoms with Gasteiger partial charge in [0.15, 0.2) is 5.75 Å². The van der Waals surface area contributed by atoms with Gasteiger partial charge in [0, 0.05) is 18.3 Å². The fraction of sp³-hybridized carbons (Fsp3) is 0.438. The van der Waals surface area contributed by atoms with E-state index in [1.807, 2.05) is 31.2 Å². The topological polar surface area (TPSA) is 59.9 Å². The van der Waals surface area contributed by atoms with E-state index in [9.17, 15) is 0 Å². The third kappa shape index (κ3) is 4.49. The smallest absolute Gasteiger partial charge is 0.238 e. The zero-order chi connectivity index (χ0) is 15.1. The van der Waals surface area contributed by atoms with Crippen molar-refractivity contribution < 1.29 is 4.74 Å². The van der Waals surface area contributed by atoms with Crippen molar-refractivity contribution >= 4 is 0 Å². The van der Waals surface area contributed by atoms with E-state index in [1.165, 1.54) is 0 Å². The van der Waals surface area contributed by atoms with Crippen molar-refractivity contribution in [1.82, 2.24) is 20.5 Å². The number of aromatic nitrogens is 3. The van der Waals surface area contributed by atoms with Gasteiger partial charge in [-0.3, -0.25) is 4.98 Å². The van der Waals surface area contributed by atoms with Gasteiger partial charge in [-0.15, -0.1) is 5.10 Å². The number of rotatable bonds is 7. The van der Waals surface area contributed by atoms with Crippen molar-refractivity contribution in [3.8, 4) is 11.6 Å². The van der Waals surface area contributed by atoms with Crippen molar-refractivity contribution in [2.75, 3.05) is 6.54 Å². The number of hydrogen-bond acceptors (Lipinski definition) is 5. The molecule has 0 atom stereocenters. The Kier molecular flexibility index (Phi) is 5.63. The Balaban J connectivity index is 2.03. The van der Waals surface area contributed by atoms with Crippen LogP contribution in [0.5, 0.6) is 11.6 Å². The van der Waals surface area contributed by atoms with Crippen LogP contribution in [-0.4, -0.2) is 21.7 Å². The molecule has 2 rings (SSSR count). The van der Waals surface area contributed by atoms with Crippen LogP contribution in [0.2, 0.25) is 0 Å². The van der Waals surface area contributed by atoms with E-state index in [-0.39, 0.29) is 0 Å². The molecule has 2 heterocycles. The minimum absolute atomic E-state index is 0.495. The molecule has 112 valence electrons. The molecular formula is C16H22N4O. The molecule has 1 N–H and O–H groups in total. The Bertz CT molecular complexity index is 569.